The number of carbonyl (C=O) groups excluding carboxylic acids is 1. The van der Waals surface area contributed by atoms with Crippen molar-refractivity contribution in [3.8, 4) is 5.75 Å². The molecule has 39 heavy (non-hydrogen) atoms. The molecule has 2 fully saturated rings. The zero-order valence-corrected chi connectivity index (χ0v) is 23.0. The molecule has 0 aliphatic carbocycles. The van der Waals surface area contributed by atoms with Gasteiger partial charge < -0.3 is 23.7 Å². The molecule has 1 atom stereocenters. The minimum atomic E-state index is -3.64. The highest BCUT2D eigenvalue weighted by Gasteiger charge is 2.19. The lowest BCUT2D eigenvalue weighted by molar-refractivity contribution is -0.165. The molecule has 0 aromatic heterocycles. The third-order valence-electron chi connectivity index (χ3n) is 6.47. The molecule has 4 rings (SSSR count). The second-order valence-corrected chi connectivity index (χ2v) is 11.4. The molecule has 2 heterocycles. The van der Waals surface area contributed by atoms with Crippen LogP contribution in [-0.4, -0.2) is 84.0 Å². The van der Waals surface area contributed by atoms with Gasteiger partial charge in [-0.25, -0.2) is 13.2 Å². The number of nitrogens with one attached hydrogen (secondary N) is 1. The summed E-state index contributed by atoms with van der Waals surface area (Å²) in [4.78, 5) is 14.9. The monoisotopic (exact) mass is 562 g/mol. The van der Waals surface area contributed by atoms with Crippen molar-refractivity contribution in [1.29, 1.82) is 0 Å². The van der Waals surface area contributed by atoms with Gasteiger partial charge in [0.05, 0.1) is 36.8 Å². The Morgan fingerprint density at radius 2 is 1.85 bits per heavy atom. The standard InChI is InChI=1S/C28H38N2O8S/c31-28(38-22-23-7-2-1-3-8-23)24-10-11-25(26(21-24)35-18-19-37-27-9-4-5-15-36-27)29-39(32,33)20-6-12-30-13-16-34-17-14-30/h1-3,7-8,10-11,21,27,29H,4-6,9,12-20,22H2. The summed E-state index contributed by atoms with van der Waals surface area (Å²) in [6.45, 7) is 4.86. The molecule has 2 saturated heterocycles. The molecule has 0 amide bonds. The molecule has 2 aliphatic heterocycles. The van der Waals surface area contributed by atoms with Crippen molar-refractivity contribution in [3.05, 3.63) is 59.7 Å². The molecule has 10 nitrogen and oxygen atoms in total. The van der Waals surface area contributed by atoms with Gasteiger partial charge >= 0.3 is 5.97 Å². The average Bonchev–Trinajstić information content (AvgIpc) is 2.96. The van der Waals surface area contributed by atoms with E-state index >= 15 is 0 Å². The lowest BCUT2D eigenvalue weighted by atomic mass is 10.2. The van der Waals surface area contributed by atoms with Gasteiger partial charge in [-0.05, 0) is 56.0 Å². The molecule has 11 heteroatoms. The summed E-state index contributed by atoms with van der Waals surface area (Å²) < 4.78 is 56.3. The Bertz CT molecular complexity index is 1130. The molecular weight excluding hydrogens is 524 g/mol. The molecule has 0 spiro atoms. The number of morpholine rings is 1. The molecule has 214 valence electrons. The van der Waals surface area contributed by atoms with Crippen molar-refractivity contribution in [3.63, 3.8) is 0 Å². The Labute approximate surface area is 230 Å². The van der Waals surface area contributed by atoms with E-state index in [1.165, 1.54) is 18.2 Å². The fourth-order valence-corrected chi connectivity index (χ4v) is 5.47. The first-order valence-corrected chi connectivity index (χ1v) is 15.2. The summed E-state index contributed by atoms with van der Waals surface area (Å²) in [6.07, 6.45) is 3.14. The number of anilines is 1. The maximum atomic E-state index is 12.9. The summed E-state index contributed by atoms with van der Waals surface area (Å²) in [5.74, 6) is -0.336. The van der Waals surface area contributed by atoms with Crippen molar-refractivity contribution in [2.75, 3.05) is 63.1 Å². The summed E-state index contributed by atoms with van der Waals surface area (Å²) in [5, 5.41) is 0. The number of benzene rings is 2. The van der Waals surface area contributed by atoms with Crippen molar-refractivity contribution in [2.24, 2.45) is 0 Å². The molecule has 2 aromatic carbocycles. The van der Waals surface area contributed by atoms with E-state index in [-0.39, 0.29) is 48.9 Å². The van der Waals surface area contributed by atoms with E-state index in [1.54, 1.807) is 0 Å². The van der Waals surface area contributed by atoms with Gasteiger partial charge in [-0.3, -0.25) is 9.62 Å². The van der Waals surface area contributed by atoms with Crippen molar-refractivity contribution < 1.29 is 36.9 Å². The van der Waals surface area contributed by atoms with Gasteiger partial charge in [0.15, 0.2) is 6.29 Å². The maximum absolute atomic E-state index is 12.9. The van der Waals surface area contributed by atoms with Crippen LogP contribution >= 0.6 is 0 Å². The van der Waals surface area contributed by atoms with Crippen LogP contribution in [0.4, 0.5) is 5.69 Å². The first kappa shape index (κ1) is 29.3. The topological polar surface area (TPSA) is 113 Å². The fraction of sp³-hybridized carbons (Fsp3) is 0.536. The van der Waals surface area contributed by atoms with E-state index in [9.17, 15) is 13.2 Å². The third kappa shape index (κ3) is 10.1. The normalized spacial score (nSPS) is 18.4. The van der Waals surface area contributed by atoms with Crippen molar-refractivity contribution in [1.82, 2.24) is 4.90 Å². The van der Waals surface area contributed by atoms with Crippen LogP contribution in [0.1, 0.15) is 41.6 Å². The predicted molar refractivity (Wildman–Crippen MR) is 146 cm³/mol. The number of esters is 1. The Hall–Kier alpha value is -2.70. The second-order valence-electron chi connectivity index (χ2n) is 9.52. The second kappa shape index (κ2) is 15.2. The maximum Gasteiger partial charge on any atom is 0.338 e. The zero-order chi connectivity index (χ0) is 27.3. The Morgan fingerprint density at radius 3 is 2.62 bits per heavy atom. The van der Waals surface area contributed by atoms with E-state index < -0.39 is 16.0 Å². The quantitative estimate of drug-likeness (QED) is 0.273. The average molecular weight is 563 g/mol. The van der Waals surface area contributed by atoms with Crippen LogP contribution in [0.3, 0.4) is 0 Å². The number of rotatable bonds is 14. The lowest BCUT2D eigenvalue weighted by Crippen LogP contribution is -2.37. The van der Waals surface area contributed by atoms with Gasteiger partial charge in [0.2, 0.25) is 10.0 Å². The van der Waals surface area contributed by atoms with Crippen LogP contribution < -0.4 is 9.46 Å². The molecule has 2 aliphatic rings. The molecule has 1 N–H and O–H groups in total. The summed E-state index contributed by atoms with van der Waals surface area (Å²) >= 11 is 0. The van der Waals surface area contributed by atoms with Crippen LogP contribution in [0.5, 0.6) is 5.75 Å². The molecule has 0 bridgehead atoms. The van der Waals surface area contributed by atoms with Crippen LogP contribution in [0.2, 0.25) is 0 Å². The molecular formula is C28H38N2O8S. The first-order chi connectivity index (χ1) is 19.0. The number of carbonyl (C=O) groups is 1. The van der Waals surface area contributed by atoms with Gasteiger partial charge in [0.25, 0.3) is 0 Å². The minimum absolute atomic E-state index is 0.0349. The Morgan fingerprint density at radius 1 is 1.03 bits per heavy atom. The Kier molecular flexibility index (Phi) is 11.4. The van der Waals surface area contributed by atoms with E-state index in [4.69, 9.17) is 23.7 Å². The van der Waals surface area contributed by atoms with Crippen LogP contribution in [0.25, 0.3) is 0 Å². The lowest BCUT2D eigenvalue weighted by Gasteiger charge is -2.26. The highest BCUT2D eigenvalue weighted by atomic mass is 32.2. The van der Waals surface area contributed by atoms with Gasteiger partial charge in [0.1, 0.15) is 19.0 Å². The van der Waals surface area contributed by atoms with Crippen molar-refractivity contribution in [2.45, 2.75) is 38.6 Å². The summed E-state index contributed by atoms with van der Waals surface area (Å²) in [7, 11) is -3.64. The number of hydrogen-bond acceptors (Lipinski definition) is 9. The largest absolute Gasteiger partial charge is 0.489 e. The highest BCUT2D eigenvalue weighted by Crippen LogP contribution is 2.28. The SMILES string of the molecule is O=C(OCc1ccccc1)c1ccc(NS(=O)(=O)CCCN2CCOCC2)c(OCCOC2CCCCO2)c1. The van der Waals surface area contributed by atoms with Gasteiger partial charge in [-0.15, -0.1) is 0 Å². The summed E-state index contributed by atoms with van der Waals surface area (Å²) in [5.41, 5.74) is 1.38. The van der Waals surface area contributed by atoms with Crippen LogP contribution in [0, 0.1) is 0 Å². The minimum Gasteiger partial charge on any atom is -0.489 e. The number of hydrogen-bond donors (Lipinski definition) is 1. The Balaban J connectivity index is 1.37. The predicted octanol–water partition coefficient (Wildman–Crippen LogP) is 3.43. The fourth-order valence-electron chi connectivity index (χ4n) is 4.35. The van der Waals surface area contributed by atoms with Gasteiger partial charge in [-0.1, -0.05) is 30.3 Å². The van der Waals surface area contributed by atoms with Gasteiger partial charge in [-0.2, -0.15) is 0 Å². The molecule has 0 radical (unpaired) electrons. The van der Waals surface area contributed by atoms with Crippen LogP contribution in [0.15, 0.2) is 48.5 Å². The van der Waals surface area contributed by atoms with Crippen LogP contribution in [-0.2, 0) is 35.6 Å². The molecule has 1 unspecified atom stereocenters. The highest BCUT2D eigenvalue weighted by molar-refractivity contribution is 7.92. The number of ether oxygens (including phenoxy) is 5. The molecule has 2 aromatic rings. The first-order valence-electron chi connectivity index (χ1n) is 13.5. The van der Waals surface area contributed by atoms with Gasteiger partial charge in [0, 0.05) is 19.7 Å². The van der Waals surface area contributed by atoms with E-state index in [0.29, 0.717) is 32.8 Å². The smallest absolute Gasteiger partial charge is 0.338 e. The van der Waals surface area contributed by atoms with Crippen molar-refractivity contribution >= 4 is 21.7 Å². The number of nitrogens with zero attached hydrogens (tertiary/aromatic N) is 1. The summed E-state index contributed by atoms with van der Waals surface area (Å²) in [6, 6.07) is 13.9. The molecule has 0 saturated carbocycles. The van der Waals surface area contributed by atoms with E-state index in [0.717, 1.165) is 37.9 Å². The zero-order valence-electron chi connectivity index (χ0n) is 22.2. The third-order valence-corrected chi connectivity index (χ3v) is 7.83. The van der Waals surface area contributed by atoms with E-state index in [1.807, 2.05) is 30.3 Å². The van der Waals surface area contributed by atoms with E-state index in [2.05, 4.69) is 9.62 Å². The number of sulfonamides is 1.